The molecule has 1 unspecified atom stereocenters. The van der Waals surface area contributed by atoms with Gasteiger partial charge in [-0.25, -0.2) is 8.42 Å². The predicted molar refractivity (Wildman–Crippen MR) is 86.0 cm³/mol. The predicted octanol–water partition coefficient (Wildman–Crippen LogP) is 1.25. The fourth-order valence-corrected chi connectivity index (χ4v) is 2.68. The minimum atomic E-state index is -3.67. The monoisotopic (exact) mass is 343 g/mol. The van der Waals surface area contributed by atoms with Crippen molar-refractivity contribution in [3.8, 4) is 0 Å². The van der Waals surface area contributed by atoms with Gasteiger partial charge in [0.05, 0.1) is 9.82 Å². The number of carbonyl (C=O) groups excluding carboxylic acids is 1. The van der Waals surface area contributed by atoms with Gasteiger partial charge in [-0.3, -0.25) is 14.9 Å². The summed E-state index contributed by atoms with van der Waals surface area (Å²) in [6, 6.07) is 2.86. The second-order valence-corrected chi connectivity index (χ2v) is 7.31. The number of benzene rings is 1. The van der Waals surface area contributed by atoms with Gasteiger partial charge in [0.2, 0.25) is 0 Å². The van der Waals surface area contributed by atoms with Crippen LogP contribution in [-0.2, 0) is 9.84 Å². The summed E-state index contributed by atoms with van der Waals surface area (Å²) < 4.78 is 23.3. The van der Waals surface area contributed by atoms with Crippen LogP contribution in [0.1, 0.15) is 36.5 Å². The molecule has 0 spiro atoms. The van der Waals surface area contributed by atoms with Crippen LogP contribution >= 0.6 is 0 Å². The average molecular weight is 343 g/mol. The van der Waals surface area contributed by atoms with E-state index in [2.05, 4.69) is 5.32 Å². The van der Waals surface area contributed by atoms with Crippen molar-refractivity contribution in [2.24, 2.45) is 5.73 Å². The van der Waals surface area contributed by atoms with Crippen LogP contribution in [0, 0.1) is 10.1 Å². The molecule has 9 heteroatoms. The molecule has 1 atom stereocenters. The van der Waals surface area contributed by atoms with Crippen molar-refractivity contribution in [2.45, 2.75) is 37.1 Å². The normalized spacial score (nSPS) is 12.7. The van der Waals surface area contributed by atoms with E-state index in [0.717, 1.165) is 37.3 Å². The summed E-state index contributed by atoms with van der Waals surface area (Å²) in [6.45, 7) is 2.24. The molecule has 1 aromatic carbocycles. The summed E-state index contributed by atoms with van der Waals surface area (Å²) in [5.41, 5.74) is 5.08. The number of carbonyl (C=O) groups is 1. The van der Waals surface area contributed by atoms with E-state index < -0.39 is 26.4 Å². The molecule has 0 bridgehead atoms. The highest BCUT2D eigenvalue weighted by Gasteiger charge is 2.20. The molecule has 0 radical (unpaired) electrons. The van der Waals surface area contributed by atoms with E-state index in [1.165, 1.54) is 0 Å². The standard InChI is InChI=1S/C14H21N3O5S/c1-3-4-5-11(9-15)16-14(18)10-6-12(17(19)20)8-13(7-10)23(2,21)22/h6-8,11H,3-5,9,15H2,1-2H3,(H,16,18). The molecule has 1 aromatic rings. The van der Waals surface area contributed by atoms with Crippen LogP contribution in [0.2, 0.25) is 0 Å². The lowest BCUT2D eigenvalue weighted by Gasteiger charge is -2.16. The zero-order valence-electron chi connectivity index (χ0n) is 13.1. The number of non-ortho nitro benzene ring substituents is 1. The van der Waals surface area contributed by atoms with Crippen molar-refractivity contribution in [3.63, 3.8) is 0 Å². The second-order valence-electron chi connectivity index (χ2n) is 5.29. The van der Waals surface area contributed by atoms with Gasteiger partial charge in [-0.15, -0.1) is 0 Å². The third-order valence-corrected chi connectivity index (χ3v) is 4.41. The lowest BCUT2D eigenvalue weighted by molar-refractivity contribution is -0.385. The summed E-state index contributed by atoms with van der Waals surface area (Å²) in [6.07, 6.45) is 3.44. The van der Waals surface area contributed by atoms with E-state index in [0.29, 0.717) is 6.42 Å². The molecule has 1 rings (SSSR count). The number of nitrogens with zero attached hydrogens (tertiary/aromatic N) is 1. The maximum atomic E-state index is 12.2. The van der Waals surface area contributed by atoms with Gasteiger partial charge in [-0.05, 0) is 12.5 Å². The van der Waals surface area contributed by atoms with Crippen molar-refractivity contribution in [1.29, 1.82) is 0 Å². The van der Waals surface area contributed by atoms with Crippen LogP contribution in [0.15, 0.2) is 23.1 Å². The Balaban J connectivity index is 3.12. The van der Waals surface area contributed by atoms with E-state index >= 15 is 0 Å². The molecule has 1 amide bonds. The summed E-state index contributed by atoms with van der Waals surface area (Å²) in [7, 11) is -3.67. The molecule has 0 aromatic heterocycles. The number of hydrogen-bond donors (Lipinski definition) is 2. The van der Waals surface area contributed by atoms with Gasteiger partial charge >= 0.3 is 0 Å². The largest absolute Gasteiger partial charge is 0.348 e. The summed E-state index contributed by atoms with van der Waals surface area (Å²) >= 11 is 0. The molecule has 0 saturated heterocycles. The topological polar surface area (TPSA) is 132 Å². The van der Waals surface area contributed by atoms with Crippen LogP contribution in [0.25, 0.3) is 0 Å². The first-order valence-corrected chi connectivity index (χ1v) is 9.08. The summed E-state index contributed by atoms with van der Waals surface area (Å²) in [4.78, 5) is 22.2. The molecule has 0 aliphatic carbocycles. The van der Waals surface area contributed by atoms with Crippen molar-refractivity contribution in [3.05, 3.63) is 33.9 Å². The van der Waals surface area contributed by atoms with Gasteiger partial charge < -0.3 is 11.1 Å². The number of nitro groups is 1. The maximum Gasteiger partial charge on any atom is 0.271 e. The summed E-state index contributed by atoms with van der Waals surface area (Å²) in [5, 5.41) is 13.6. The number of nitrogens with one attached hydrogen (secondary N) is 1. The first-order valence-electron chi connectivity index (χ1n) is 7.19. The molecule has 23 heavy (non-hydrogen) atoms. The van der Waals surface area contributed by atoms with Crippen LogP contribution in [0.5, 0.6) is 0 Å². The molecule has 0 aliphatic heterocycles. The first-order chi connectivity index (χ1) is 10.7. The Labute approximate surface area is 135 Å². The molecule has 0 aliphatic rings. The molecule has 0 fully saturated rings. The Kier molecular flexibility index (Phi) is 6.64. The van der Waals surface area contributed by atoms with E-state index in [4.69, 9.17) is 5.73 Å². The second kappa shape index (κ2) is 8.02. The highest BCUT2D eigenvalue weighted by molar-refractivity contribution is 7.90. The van der Waals surface area contributed by atoms with Crippen LogP contribution in [-0.4, -0.2) is 38.1 Å². The van der Waals surface area contributed by atoms with Gasteiger partial charge in [0.15, 0.2) is 9.84 Å². The Morgan fingerprint density at radius 1 is 1.39 bits per heavy atom. The van der Waals surface area contributed by atoms with Gasteiger partial charge in [0.1, 0.15) is 0 Å². The van der Waals surface area contributed by atoms with E-state index in [-0.39, 0.29) is 23.0 Å². The lowest BCUT2D eigenvalue weighted by atomic mass is 10.1. The van der Waals surface area contributed by atoms with Crippen LogP contribution in [0.4, 0.5) is 5.69 Å². The fourth-order valence-electron chi connectivity index (χ4n) is 2.00. The lowest BCUT2D eigenvalue weighted by Crippen LogP contribution is -2.40. The molecule has 128 valence electrons. The fraction of sp³-hybridized carbons (Fsp3) is 0.500. The zero-order chi connectivity index (χ0) is 17.6. The van der Waals surface area contributed by atoms with Crippen LogP contribution in [0.3, 0.4) is 0 Å². The van der Waals surface area contributed by atoms with E-state index in [1.807, 2.05) is 6.92 Å². The summed E-state index contributed by atoms with van der Waals surface area (Å²) in [5.74, 6) is -0.579. The molecule has 8 nitrogen and oxygen atoms in total. The van der Waals surface area contributed by atoms with Gasteiger partial charge in [0, 0.05) is 36.5 Å². The zero-order valence-corrected chi connectivity index (χ0v) is 13.9. The highest BCUT2D eigenvalue weighted by atomic mass is 32.2. The third-order valence-electron chi connectivity index (χ3n) is 3.32. The number of rotatable bonds is 8. The maximum absolute atomic E-state index is 12.2. The highest BCUT2D eigenvalue weighted by Crippen LogP contribution is 2.21. The van der Waals surface area contributed by atoms with Gasteiger partial charge in [-0.2, -0.15) is 0 Å². The Morgan fingerprint density at radius 3 is 2.52 bits per heavy atom. The SMILES string of the molecule is CCCCC(CN)NC(=O)c1cc([N+](=O)[O-])cc(S(C)(=O)=O)c1. The van der Waals surface area contributed by atoms with Crippen molar-refractivity contribution >= 4 is 21.4 Å². The number of hydrogen-bond acceptors (Lipinski definition) is 6. The van der Waals surface area contributed by atoms with E-state index in [9.17, 15) is 23.3 Å². The van der Waals surface area contributed by atoms with Crippen molar-refractivity contribution in [2.75, 3.05) is 12.8 Å². The Bertz CT molecular complexity index is 688. The van der Waals surface area contributed by atoms with Crippen LogP contribution < -0.4 is 11.1 Å². The molecular formula is C14H21N3O5S. The smallest absolute Gasteiger partial charge is 0.271 e. The number of sulfone groups is 1. The number of nitrogens with two attached hydrogens (primary N) is 1. The minimum Gasteiger partial charge on any atom is -0.348 e. The molecule has 3 N–H and O–H groups in total. The first kappa shape index (κ1) is 19.0. The minimum absolute atomic E-state index is 0.0745. The van der Waals surface area contributed by atoms with Gasteiger partial charge in [-0.1, -0.05) is 19.8 Å². The number of nitro benzene ring substituents is 1. The van der Waals surface area contributed by atoms with Crippen molar-refractivity contribution in [1.82, 2.24) is 5.32 Å². The average Bonchev–Trinajstić information content (AvgIpc) is 2.49. The van der Waals surface area contributed by atoms with E-state index in [1.54, 1.807) is 0 Å². The van der Waals surface area contributed by atoms with Crippen molar-refractivity contribution < 1.29 is 18.1 Å². The van der Waals surface area contributed by atoms with Gasteiger partial charge in [0.25, 0.3) is 11.6 Å². The molecular weight excluding hydrogens is 322 g/mol. The Morgan fingerprint density at radius 2 is 2.04 bits per heavy atom. The molecule has 0 saturated carbocycles. The third kappa shape index (κ3) is 5.61. The Hall–Kier alpha value is -2.00. The molecule has 0 heterocycles. The number of amides is 1. The number of unbranched alkanes of at least 4 members (excludes halogenated alkanes) is 1. The quantitative estimate of drug-likeness (QED) is 0.539.